The second kappa shape index (κ2) is 9.39. The predicted molar refractivity (Wildman–Crippen MR) is 128 cm³/mol. The van der Waals surface area contributed by atoms with Gasteiger partial charge in [0.15, 0.2) is 0 Å². The fraction of sp³-hybridized carbons (Fsp3) is 0.0800. The smallest absolute Gasteiger partial charge is 0.338 e. The van der Waals surface area contributed by atoms with Crippen molar-refractivity contribution in [2.75, 3.05) is 11.9 Å². The Hall–Kier alpha value is -3.41. The second-order valence-electron chi connectivity index (χ2n) is 6.95. The number of ether oxygens (including phenoxy) is 1. The van der Waals surface area contributed by atoms with Crippen LogP contribution in [0.4, 0.5) is 5.69 Å². The normalized spacial score (nSPS) is 10.7. The summed E-state index contributed by atoms with van der Waals surface area (Å²) in [4.78, 5) is 29.7. The molecule has 4 aromatic rings. The van der Waals surface area contributed by atoms with Crippen LogP contribution in [0.3, 0.4) is 0 Å². The average molecular weight is 465 g/mol. The third kappa shape index (κ3) is 4.59. The van der Waals surface area contributed by atoms with E-state index in [9.17, 15) is 9.59 Å². The van der Waals surface area contributed by atoms with Crippen LogP contribution in [0.2, 0.25) is 10.0 Å². The van der Waals surface area contributed by atoms with Gasteiger partial charge in [0.1, 0.15) is 0 Å². The lowest BCUT2D eigenvalue weighted by atomic mass is 10.0. The zero-order valence-corrected chi connectivity index (χ0v) is 18.6. The molecule has 0 fully saturated rings. The molecular formula is C25H18Cl2N2O3. The first-order valence-corrected chi connectivity index (χ1v) is 10.7. The second-order valence-corrected chi connectivity index (χ2v) is 7.79. The molecule has 4 rings (SSSR count). The number of esters is 1. The van der Waals surface area contributed by atoms with Gasteiger partial charge in [-0.1, -0.05) is 41.4 Å². The summed E-state index contributed by atoms with van der Waals surface area (Å²) in [5.41, 5.74) is 3.32. The molecular weight excluding hydrogens is 447 g/mol. The number of carbonyl (C=O) groups is 2. The summed E-state index contributed by atoms with van der Waals surface area (Å²) in [6, 6.07) is 20.8. The van der Waals surface area contributed by atoms with E-state index in [1.54, 1.807) is 55.5 Å². The summed E-state index contributed by atoms with van der Waals surface area (Å²) >= 11 is 12.4. The Morgan fingerprint density at radius 2 is 1.72 bits per heavy atom. The van der Waals surface area contributed by atoms with Gasteiger partial charge in [-0.3, -0.25) is 4.79 Å². The molecule has 1 heterocycles. The van der Waals surface area contributed by atoms with Gasteiger partial charge in [-0.25, -0.2) is 9.78 Å². The SMILES string of the molecule is CCOC(=O)c1ccc(NC(=O)c2cc(-c3ccc(Cl)cc3Cl)nc3ccccc23)cc1. The molecule has 0 bridgehead atoms. The van der Waals surface area contributed by atoms with Crippen LogP contribution in [0.15, 0.2) is 72.8 Å². The molecule has 0 saturated heterocycles. The number of nitrogens with one attached hydrogen (secondary N) is 1. The van der Waals surface area contributed by atoms with Gasteiger partial charge in [-0.05, 0) is 61.5 Å². The van der Waals surface area contributed by atoms with Crippen molar-refractivity contribution >= 4 is 51.7 Å². The highest BCUT2D eigenvalue weighted by atomic mass is 35.5. The summed E-state index contributed by atoms with van der Waals surface area (Å²) in [6.07, 6.45) is 0. The molecule has 3 aromatic carbocycles. The highest BCUT2D eigenvalue weighted by Crippen LogP contribution is 2.32. The summed E-state index contributed by atoms with van der Waals surface area (Å²) in [5.74, 6) is -0.714. The topological polar surface area (TPSA) is 68.3 Å². The Bertz CT molecular complexity index is 1320. The lowest BCUT2D eigenvalue weighted by Crippen LogP contribution is -2.13. The third-order valence-corrected chi connectivity index (χ3v) is 5.37. The third-order valence-electron chi connectivity index (χ3n) is 4.82. The van der Waals surface area contributed by atoms with E-state index < -0.39 is 5.97 Å². The van der Waals surface area contributed by atoms with Crippen molar-refractivity contribution in [2.45, 2.75) is 6.92 Å². The van der Waals surface area contributed by atoms with Crippen LogP contribution < -0.4 is 5.32 Å². The van der Waals surface area contributed by atoms with E-state index in [-0.39, 0.29) is 5.91 Å². The van der Waals surface area contributed by atoms with Gasteiger partial charge in [0.05, 0.1) is 34.0 Å². The molecule has 0 aliphatic rings. The number of pyridine rings is 1. The molecule has 7 heteroatoms. The molecule has 1 N–H and O–H groups in total. The Balaban J connectivity index is 1.70. The van der Waals surface area contributed by atoms with Crippen LogP contribution in [0, 0.1) is 0 Å². The van der Waals surface area contributed by atoms with E-state index in [2.05, 4.69) is 10.3 Å². The summed E-state index contributed by atoms with van der Waals surface area (Å²) in [6.45, 7) is 2.05. The van der Waals surface area contributed by atoms with Gasteiger partial charge >= 0.3 is 5.97 Å². The molecule has 0 spiro atoms. The van der Waals surface area contributed by atoms with Crippen LogP contribution in [-0.4, -0.2) is 23.5 Å². The van der Waals surface area contributed by atoms with Crippen molar-refractivity contribution in [3.05, 3.63) is 94.0 Å². The number of hydrogen-bond donors (Lipinski definition) is 1. The van der Waals surface area contributed by atoms with Crippen molar-refractivity contribution in [1.29, 1.82) is 0 Å². The van der Waals surface area contributed by atoms with Gasteiger partial charge < -0.3 is 10.1 Å². The fourth-order valence-corrected chi connectivity index (χ4v) is 3.81. The number of nitrogens with zero attached hydrogens (tertiary/aromatic N) is 1. The number of benzene rings is 3. The first-order valence-electron chi connectivity index (χ1n) is 9.90. The van der Waals surface area contributed by atoms with Crippen LogP contribution in [0.25, 0.3) is 22.2 Å². The Morgan fingerprint density at radius 1 is 0.969 bits per heavy atom. The van der Waals surface area contributed by atoms with Gasteiger partial charge in [0, 0.05) is 21.7 Å². The van der Waals surface area contributed by atoms with Crippen molar-refractivity contribution in [1.82, 2.24) is 4.98 Å². The van der Waals surface area contributed by atoms with E-state index in [1.165, 1.54) is 0 Å². The number of rotatable bonds is 5. The lowest BCUT2D eigenvalue weighted by Gasteiger charge is -2.12. The minimum Gasteiger partial charge on any atom is -0.462 e. The summed E-state index contributed by atoms with van der Waals surface area (Å²) < 4.78 is 4.99. The molecule has 1 amide bonds. The molecule has 160 valence electrons. The maximum Gasteiger partial charge on any atom is 0.338 e. The number of fused-ring (bicyclic) bond motifs is 1. The number of anilines is 1. The number of para-hydroxylation sites is 1. The molecule has 0 saturated carbocycles. The molecule has 0 aliphatic heterocycles. The number of amides is 1. The maximum absolute atomic E-state index is 13.2. The molecule has 5 nitrogen and oxygen atoms in total. The highest BCUT2D eigenvalue weighted by Gasteiger charge is 2.16. The Morgan fingerprint density at radius 3 is 2.44 bits per heavy atom. The average Bonchev–Trinajstić information content (AvgIpc) is 2.79. The number of halogens is 2. The highest BCUT2D eigenvalue weighted by molar-refractivity contribution is 6.36. The monoisotopic (exact) mass is 464 g/mol. The zero-order valence-electron chi connectivity index (χ0n) is 17.1. The van der Waals surface area contributed by atoms with E-state index in [1.807, 2.05) is 24.3 Å². The fourth-order valence-electron chi connectivity index (χ4n) is 3.30. The Kier molecular flexibility index (Phi) is 6.40. The lowest BCUT2D eigenvalue weighted by molar-refractivity contribution is 0.0526. The minimum absolute atomic E-state index is 0.298. The molecule has 32 heavy (non-hydrogen) atoms. The van der Waals surface area contributed by atoms with Crippen LogP contribution in [0.1, 0.15) is 27.6 Å². The number of carbonyl (C=O) groups excluding carboxylic acids is 2. The van der Waals surface area contributed by atoms with Crippen molar-refractivity contribution in [3.63, 3.8) is 0 Å². The number of hydrogen-bond acceptors (Lipinski definition) is 4. The van der Waals surface area contributed by atoms with Crippen molar-refractivity contribution in [3.8, 4) is 11.3 Å². The molecule has 0 radical (unpaired) electrons. The van der Waals surface area contributed by atoms with Gasteiger partial charge in [0.25, 0.3) is 5.91 Å². The summed E-state index contributed by atoms with van der Waals surface area (Å²) in [7, 11) is 0. The largest absolute Gasteiger partial charge is 0.462 e. The van der Waals surface area contributed by atoms with E-state index in [0.29, 0.717) is 55.6 Å². The predicted octanol–water partition coefficient (Wildman–Crippen LogP) is 6.64. The minimum atomic E-state index is -0.407. The molecule has 0 atom stereocenters. The quantitative estimate of drug-likeness (QED) is 0.336. The number of aromatic nitrogens is 1. The van der Waals surface area contributed by atoms with Gasteiger partial charge in [-0.15, -0.1) is 0 Å². The van der Waals surface area contributed by atoms with Crippen LogP contribution in [0.5, 0.6) is 0 Å². The standard InChI is InChI=1S/C25H18Cl2N2O3/c1-2-32-25(31)15-7-10-17(11-8-15)28-24(30)20-14-23(19-12-9-16(26)13-21(19)27)29-22-6-4-3-5-18(20)22/h3-14H,2H2,1H3,(H,28,30). The molecule has 0 unspecified atom stereocenters. The first-order chi connectivity index (χ1) is 15.5. The van der Waals surface area contributed by atoms with Crippen LogP contribution >= 0.6 is 23.2 Å². The zero-order chi connectivity index (χ0) is 22.7. The molecule has 1 aromatic heterocycles. The van der Waals surface area contributed by atoms with Crippen molar-refractivity contribution < 1.29 is 14.3 Å². The van der Waals surface area contributed by atoms with Crippen LogP contribution in [-0.2, 0) is 4.74 Å². The molecule has 0 aliphatic carbocycles. The first kappa shape index (κ1) is 21.8. The van der Waals surface area contributed by atoms with E-state index in [4.69, 9.17) is 27.9 Å². The Labute approximate surface area is 194 Å². The van der Waals surface area contributed by atoms with E-state index >= 15 is 0 Å². The van der Waals surface area contributed by atoms with Crippen molar-refractivity contribution in [2.24, 2.45) is 0 Å². The maximum atomic E-state index is 13.2. The van der Waals surface area contributed by atoms with E-state index in [0.717, 1.165) is 0 Å². The van der Waals surface area contributed by atoms with Gasteiger partial charge in [-0.2, -0.15) is 0 Å². The van der Waals surface area contributed by atoms with Gasteiger partial charge in [0.2, 0.25) is 0 Å². The summed E-state index contributed by atoms with van der Waals surface area (Å²) in [5, 5.41) is 4.55.